The van der Waals surface area contributed by atoms with Crippen molar-refractivity contribution < 1.29 is 31.1 Å². The van der Waals surface area contributed by atoms with Crippen LogP contribution >= 0.6 is 11.6 Å². The summed E-state index contributed by atoms with van der Waals surface area (Å²) in [5.74, 6) is 2.83. The Labute approximate surface area is 211 Å². The zero-order valence-electron chi connectivity index (χ0n) is 19.5. The first-order chi connectivity index (χ1) is 15.3. The van der Waals surface area contributed by atoms with E-state index in [0.717, 1.165) is 43.2 Å². The number of halogens is 2. The number of ether oxygens (including phenoxy) is 1. The Morgan fingerprint density at radius 3 is 2.42 bits per heavy atom. The van der Waals surface area contributed by atoms with E-state index in [2.05, 4.69) is 37.5 Å². The highest BCUT2D eigenvalue weighted by Gasteiger charge is 2.29. The Balaban J connectivity index is 0.00000306. The minimum atomic E-state index is 0. The third-order valence-electron chi connectivity index (χ3n) is 5.99. The number of Topliss-reactive ketones (excluding diaryl/α,β-unsaturated/α-hetero) is 1. The van der Waals surface area contributed by atoms with Crippen molar-refractivity contribution in [2.75, 3.05) is 0 Å². The summed E-state index contributed by atoms with van der Waals surface area (Å²) in [5.41, 5.74) is 2.04. The van der Waals surface area contributed by atoms with Crippen molar-refractivity contribution in [1.82, 2.24) is 9.78 Å². The molecule has 0 spiro atoms. The normalized spacial score (nSPS) is 13.6. The Morgan fingerprint density at radius 2 is 1.76 bits per heavy atom. The number of carbonyl (C=O) groups is 1. The van der Waals surface area contributed by atoms with Crippen molar-refractivity contribution in [1.29, 1.82) is 0 Å². The van der Waals surface area contributed by atoms with Crippen LogP contribution in [0.4, 0.5) is 0 Å². The van der Waals surface area contributed by atoms with Crippen molar-refractivity contribution >= 4 is 17.4 Å². The number of ketones is 1. The van der Waals surface area contributed by atoms with Crippen LogP contribution in [-0.2, 0) is 31.5 Å². The molecule has 0 unspecified atom stereocenters. The molecule has 2 heterocycles. The fourth-order valence-electron chi connectivity index (χ4n) is 4.09. The van der Waals surface area contributed by atoms with Crippen LogP contribution < -0.4 is 26.3 Å². The molecule has 0 fully saturated rings. The molecule has 176 valence electrons. The van der Waals surface area contributed by atoms with E-state index in [1.807, 2.05) is 16.8 Å². The average Bonchev–Trinajstić information content (AvgIpc) is 2.92. The van der Waals surface area contributed by atoms with Crippen molar-refractivity contribution in [2.24, 2.45) is 0 Å². The van der Waals surface area contributed by atoms with E-state index in [1.54, 1.807) is 24.3 Å². The molecule has 0 radical (unpaired) electrons. The number of nitrogens with zero attached hydrogens (tertiary/aromatic N) is 3. The maximum atomic E-state index is 12.9. The maximum absolute atomic E-state index is 12.9. The van der Waals surface area contributed by atoms with Crippen LogP contribution in [0.15, 0.2) is 48.5 Å². The lowest BCUT2D eigenvalue weighted by molar-refractivity contribution is -0.712. The first kappa shape index (κ1) is 25.4. The number of rotatable bonds is 6. The summed E-state index contributed by atoms with van der Waals surface area (Å²) in [6, 6.07) is 15.3. The number of benzene rings is 2. The smallest absolute Gasteiger partial charge is 0.315 e. The van der Waals surface area contributed by atoms with Crippen LogP contribution in [0, 0.1) is 0 Å². The first-order valence-corrected chi connectivity index (χ1v) is 11.7. The lowest BCUT2D eigenvalue weighted by Gasteiger charge is -2.19. The molecule has 33 heavy (non-hydrogen) atoms. The second-order valence-electron chi connectivity index (χ2n) is 9.45. The SMILES string of the molecule is CC(C)(C)c1ccc(OCc2nn(CC(=O)c3ccc(Cl)cc3)c3[n+]2CCCCC3)cc1.[Br-]. The largest absolute Gasteiger partial charge is 1.00 e. The number of hydrogen-bond acceptors (Lipinski definition) is 3. The zero-order valence-corrected chi connectivity index (χ0v) is 21.8. The van der Waals surface area contributed by atoms with Crippen LogP contribution in [0.2, 0.25) is 5.02 Å². The minimum Gasteiger partial charge on any atom is -1.00 e. The summed E-state index contributed by atoms with van der Waals surface area (Å²) in [6.07, 6.45) is 4.32. The van der Waals surface area contributed by atoms with Gasteiger partial charge in [0.1, 0.15) is 5.75 Å². The fraction of sp³-hybridized carbons (Fsp3) is 0.423. The third-order valence-corrected chi connectivity index (χ3v) is 6.24. The Kier molecular flexibility index (Phi) is 8.35. The van der Waals surface area contributed by atoms with Crippen LogP contribution in [0.25, 0.3) is 0 Å². The van der Waals surface area contributed by atoms with Crippen molar-refractivity contribution in [2.45, 2.75) is 71.6 Å². The van der Waals surface area contributed by atoms with Gasteiger partial charge in [0.2, 0.25) is 5.82 Å². The molecular formula is C26H31BrClN3O2. The molecule has 4 rings (SSSR count). The Hall–Kier alpha value is -2.18. The van der Waals surface area contributed by atoms with Crippen LogP contribution in [-0.4, -0.2) is 15.6 Å². The summed E-state index contributed by atoms with van der Waals surface area (Å²) in [7, 11) is 0. The molecule has 2 aromatic carbocycles. The summed E-state index contributed by atoms with van der Waals surface area (Å²) >= 11 is 5.96. The minimum absolute atomic E-state index is 0. The lowest BCUT2D eigenvalue weighted by Crippen LogP contribution is -3.00. The first-order valence-electron chi connectivity index (χ1n) is 11.3. The van der Waals surface area contributed by atoms with Crippen LogP contribution in [0.3, 0.4) is 0 Å². The third kappa shape index (κ3) is 6.24. The van der Waals surface area contributed by atoms with Gasteiger partial charge in [-0.25, -0.2) is 4.57 Å². The van der Waals surface area contributed by atoms with Crippen molar-refractivity contribution in [3.05, 3.63) is 76.3 Å². The van der Waals surface area contributed by atoms with E-state index in [-0.39, 0.29) is 34.7 Å². The monoisotopic (exact) mass is 531 g/mol. The fourth-order valence-corrected chi connectivity index (χ4v) is 4.21. The molecule has 0 N–H and O–H groups in total. The molecule has 0 atom stereocenters. The summed E-state index contributed by atoms with van der Waals surface area (Å²) in [5, 5.41) is 5.42. The van der Waals surface area contributed by atoms with Gasteiger partial charge in [0, 0.05) is 22.1 Å². The summed E-state index contributed by atoms with van der Waals surface area (Å²) in [6.45, 7) is 8.11. The molecule has 1 aliphatic heterocycles. The second-order valence-corrected chi connectivity index (χ2v) is 9.88. The van der Waals surface area contributed by atoms with Gasteiger partial charge in [0.05, 0.1) is 6.54 Å². The van der Waals surface area contributed by atoms with Gasteiger partial charge in [-0.05, 0) is 66.6 Å². The number of hydrogen-bond donors (Lipinski definition) is 0. The zero-order chi connectivity index (χ0) is 22.7. The molecule has 0 aliphatic carbocycles. The van der Waals surface area contributed by atoms with E-state index >= 15 is 0 Å². The van der Waals surface area contributed by atoms with Gasteiger partial charge in [-0.1, -0.05) is 44.5 Å². The number of fused-ring (bicyclic) bond motifs is 1. The van der Waals surface area contributed by atoms with E-state index in [0.29, 0.717) is 17.2 Å². The van der Waals surface area contributed by atoms with E-state index in [9.17, 15) is 4.79 Å². The van der Waals surface area contributed by atoms with Gasteiger partial charge < -0.3 is 21.7 Å². The molecule has 5 nitrogen and oxygen atoms in total. The van der Waals surface area contributed by atoms with Crippen molar-refractivity contribution in [3.8, 4) is 5.75 Å². The summed E-state index contributed by atoms with van der Waals surface area (Å²) in [4.78, 5) is 12.9. The van der Waals surface area contributed by atoms with E-state index in [1.165, 1.54) is 12.0 Å². The molecule has 0 amide bonds. The Bertz CT molecular complexity index is 1090. The predicted octanol–water partition coefficient (Wildman–Crippen LogP) is 2.31. The molecule has 1 aliphatic rings. The average molecular weight is 533 g/mol. The molecule has 0 saturated carbocycles. The van der Waals surface area contributed by atoms with Crippen LogP contribution in [0.5, 0.6) is 5.75 Å². The maximum Gasteiger partial charge on any atom is 0.315 e. The number of aromatic nitrogens is 3. The molecule has 3 aromatic rings. The van der Waals surface area contributed by atoms with Gasteiger partial charge in [-0.3, -0.25) is 4.79 Å². The van der Waals surface area contributed by atoms with Gasteiger partial charge in [-0.2, -0.15) is 0 Å². The van der Waals surface area contributed by atoms with E-state index < -0.39 is 0 Å². The lowest BCUT2D eigenvalue weighted by atomic mass is 9.87. The second kappa shape index (κ2) is 10.8. The standard InChI is InChI=1S/C26H31ClN3O2.BrH/c1-26(2,3)20-10-14-22(15-11-20)32-18-24-28-30(25-7-5-4-6-16-29(24)25)17-23(31)19-8-12-21(27)13-9-19;/h8-15H,4-7,16-18H2,1-3H3;1H/q+1;/p-1. The number of carbonyl (C=O) groups excluding carboxylic acids is 1. The molecule has 1 aromatic heterocycles. The molecule has 7 heteroatoms. The van der Waals surface area contributed by atoms with Gasteiger partial charge in [-0.15, -0.1) is 4.68 Å². The topological polar surface area (TPSA) is 48.0 Å². The highest BCUT2D eigenvalue weighted by atomic mass is 79.9. The highest BCUT2D eigenvalue weighted by molar-refractivity contribution is 6.30. The highest BCUT2D eigenvalue weighted by Crippen LogP contribution is 2.24. The van der Waals surface area contributed by atoms with Gasteiger partial charge in [0.15, 0.2) is 18.9 Å². The van der Waals surface area contributed by atoms with Crippen LogP contribution in [0.1, 0.15) is 67.6 Å². The summed E-state index contributed by atoms with van der Waals surface area (Å²) < 4.78 is 10.2. The molecule has 0 saturated heterocycles. The van der Waals surface area contributed by atoms with Crippen molar-refractivity contribution in [3.63, 3.8) is 0 Å². The Morgan fingerprint density at radius 1 is 1.06 bits per heavy atom. The van der Waals surface area contributed by atoms with Gasteiger partial charge >= 0.3 is 5.82 Å². The quantitative estimate of drug-likeness (QED) is 0.362. The molecular weight excluding hydrogens is 502 g/mol. The van der Waals surface area contributed by atoms with E-state index in [4.69, 9.17) is 21.4 Å². The molecule has 0 bridgehead atoms. The van der Waals surface area contributed by atoms with Gasteiger partial charge in [0.25, 0.3) is 0 Å². The predicted molar refractivity (Wildman–Crippen MR) is 125 cm³/mol.